The minimum absolute atomic E-state index is 0.0550. The number of hydrogen-bond donors (Lipinski definition) is 1. The Balaban J connectivity index is 1.63. The topological polar surface area (TPSA) is 52.7 Å². The van der Waals surface area contributed by atoms with Crippen LogP contribution in [-0.4, -0.2) is 42.4 Å². The number of hydrogen-bond acceptors (Lipinski definition) is 3. The molecule has 1 unspecified atom stereocenters. The molecule has 2 aliphatic heterocycles. The molecule has 2 heterocycles. The van der Waals surface area contributed by atoms with Crippen LogP contribution in [0.3, 0.4) is 0 Å². The van der Waals surface area contributed by atoms with Crippen LogP contribution in [0.5, 0.6) is 0 Å². The van der Waals surface area contributed by atoms with Crippen molar-refractivity contribution in [3.05, 3.63) is 24.3 Å². The predicted molar refractivity (Wildman–Crippen MR) is 119 cm³/mol. The highest BCUT2D eigenvalue weighted by Crippen LogP contribution is 2.29. The van der Waals surface area contributed by atoms with Crippen molar-refractivity contribution in [1.82, 2.24) is 4.90 Å². The zero-order valence-corrected chi connectivity index (χ0v) is 18.5. The SMILES string of the molecule is CCC1CCCCN1C(=O)C(C)(C)C(=O)Nc1ccc(N2CCC(C)CC2)cc1. The molecule has 2 aliphatic rings. The van der Waals surface area contributed by atoms with Crippen molar-refractivity contribution >= 4 is 23.2 Å². The summed E-state index contributed by atoms with van der Waals surface area (Å²) in [7, 11) is 0. The van der Waals surface area contributed by atoms with E-state index in [0.717, 1.165) is 56.9 Å². The van der Waals surface area contributed by atoms with E-state index in [0.29, 0.717) is 0 Å². The van der Waals surface area contributed by atoms with Gasteiger partial charge in [0.15, 0.2) is 0 Å². The van der Waals surface area contributed by atoms with Gasteiger partial charge in [-0.25, -0.2) is 0 Å². The third-order valence-corrected chi connectivity index (χ3v) is 6.74. The number of anilines is 2. The van der Waals surface area contributed by atoms with Gasteiger partial charge in [-0.05, 0) is 82.6 Å². The summed E-state index contributed by atoms with van der Waals surface area (Å²) in [5.74, 6) is 0.514. The van der Waals surface area contributed by atoms with Crippen LogP contribution in [0.1, 0.15) is 66.2 Å². The molecule has 0 spiro atoms. The summed E-state index contributed by atoms with van der Waals surface area (Å²) < 4.78 is 0. The highest BCUT2D eigenvalue weighted by Gasteiger charge is 2.41. The number of nitrogens with one attached hydrogen (secondary N) is 1. The van der Waals surface area contributed by atoms with E-state index in [1.54, 1.807) is 13.8 Å². The van der Waals surface area contributed by atoms with Crippen LogP contribution < -0.4 is 10.2 Å². The van der Waals surface area contributed by atoms with Crippen molar-refractivity contribution in [3.63, 3.8) is 0 Å². The highest BCUT2D eigenvalue weighted by molar-refractivity contribution is 6.10. The number of piperidine rings is 2. The summed E-state index contributed by atoms with van der Waals surface area (Å²) in [6.45, 7) is 10.9. The van der Waals surface area contributed by atoms with E-state index in [9.17, 15) is 9.59 Å². The van der Waals surface area contributed by atoms with Gasteiger partial charge in [-0.1, -0.05) is 13.8 Å². The molecule has 5 nitrogen and oxygen atoms in total. The molecule has 2 amide bonds. The second kappa shape index (κ2) is 9.19. The number of carbonyl (C=O) groups excluding carboxylic acids is 2. The molecule has 29 heavy (non-hydrogen) atoms. The highest BCUT2D eigenvalue weighted by atomic mass is 16.2. The van der Waals surface area contributed by atoms with E-state index in [1.807, 2.05) is 17.0 Å². The minimum atomic E-state index is -1.08. The first-order valence-electron chi connectivity index (χ1n) is 11.3. The zero-order chi connectivity index (χ0) is 21.0. The van der Waals surface area contributed by atoms with Crippen LogP contribution >= 0.6 is 0 Å². The molecule has 3 rings (SSSR count). The van der Waals surface area contributed by atoms with Gasteiger partial charge in [0.2, 0.25) is 11.8 Å². The van der Waals surface area contributed by atoms with Gasteiger partial charge in [-0.3, -0.25) is 9.59 Å². The third kappa shape index (κ3) is 4.93. The third-order valence-electron chi connectivity index (χ3n) is 6.74. The van der Waals surface area contributed by atoms with E-state index >= 15 is 0 Å². The van der Waals surface area contributed by atoms with Gasteiger partial charge in [-0.15, -0.1) is 0 Å². The molecule has 2 fully saturated rings. The number of benzene rings is 1. The molecular weight excluding hydrogens is 362 g/mol. The number of carbonyl (C=O) groups is 2. The molecule has 0 radical (unpaired) electrons. The van der Waals surface area contributed by atoms with Gasteiger partial charge in [0, 0.05) is 37.1 Å². The van der Waals surface area contributed by atoms with Crippen LogP contribution in [-0.2, 0) is 9.59 Å². The van der Waals surface area contributed by atoms with Crippen LogP contribution in [0.2, 0.25) is 0 Å². The molecule has 1 atom stereocenters. The predicted octanol–water partition coefficient (Wildman–Crippen LogP) is 4.68. The van der Waals surface area contributed by atoms with Crippen molar-refractivity contribution in [2.75, 3.05) is 29.9 Å². The van der Waals surface area contributed by atoms with Gasteiger partial charge >= 0.3 is 0 Å². The second-order valence-corrected chi connectivity index (χ2v) is 9.35. The summed E-state index contributed by atoms with van der Waals surface area (Å²) in [5, 5.41) is 2.97. The maximum absolute atomic E-state index is 13.2. The summed E-state index contributed by atoms with van der Waals surface area (Å²) in [4.78, 5) is 30.5. The summed E-state index contributed by atoms with van der Waals surface area (Å²) in [6.07, 6.45) is 6.62. The van der Waals surface area contributed by atoms with Gasteiger partial charge in [0.1, 0.15) is 5.41 Å². The summed E-state index contributed by atoms with van der Waals surface area (Å²) >= 11 is 0. The molecule has 0 saturated carbocycles. The van der Waals surface area contributed by atoms with Crippen LogP contribution in [0.4, 0.5) is 11.4 Å². The first-order valence-corrected chi connectivity index (χ1v) is 11.3. The molecule has 1 aromatic rings. The Bertz CT molecular complexity index is 705. The molecule has 0 bridgehead atoms. The Kier molecular flexibility index (Phi) is 6.86. The Morgan fingerprint density at radius 1 is 1.03 bits per heavy atom. The van der Waals surface area contributed by atoms with Crippen LogP contribution in [0.25, 0.3) is 0 Å². The number of nitrogens with zero attached hydrogens (tertiary/aromatic N) is 2. The smallest absolute Gasteiger partial charge is 0.239 e. The molecule has 1 N–H and O–H groups in total. The van der Waals surface area contributed by atoms with Crippen molar-refractivity contribution < 1.29 is 9.59 Å². The fourth-order valence-electron chi connectivity index (χ4n) is 4.46. The number of rotatable bonds is 5. The lowest BCUT2D eigenvalue weighted by Gasteiger charge is -2.39. The first-order chi connectivity index (χ1) is 13.8. The quantitative estimate of drug-likeness (QED) is 0.732. The standard InChI is InChI=1S/C24H37N3O2/c1-5-20-8-6-7-15-27(20)23(29)24(3,4)22(28)25-19-9-11-21(12-10-19)26-16-13-18(2)14-17-26/h9-12,18,20H,5-8,13-17H2,1-4H3,(H,25,28). The number of likely N-dealkylation sites (tertiary alicyclic amines) is 1. The van der Waals surface area contributed by atoms with E-state index in [-0.39, 0.29) is 17.9 Å². The van der Waals surface area contributed by atoms with Crippen molar-refractivity contribution in [2.24, 2.45) is 11.3 Å². The Morgan fingerprint density at radius 2 is 1.69 bits per heavy atom. The summed E-state index contributed by atoms with van der Waals surface area (Å²) in [6, 6.07) is 8.29. The molecule has 0 aliphatic carbocycles. The van der Waals surface area contributed by atoms with Crippen molar-refractivity contribution in [1.29, 1.82) is 0 Å². The maximum Gasteiger partial charge on any atom is 0.239 e. The fourth-order valence-corrected chi connectivity index (χ4v) is 4.46. The maximum atomic E-state index is 13.2. The summed E-state index contributed by atoms with van der Waals surface area (Å²) in [5.41, 5.74) is 0.868. The lowest BCUT2D eigenvalue weighted by atomic mass is 9.87. The fraction of sp³-hybridized carbons (Fsp3) is 0.667. The zero-order valence-electron chi connectivity index (χ0n) is 18.5. The largest absolute Gasteiger partial charge is 0.372 e. The second-order valence-electron chi connectivity index (χ2n) is 9.35. The normalized spacial score (nSPS) is 21.2. The average Bonchev–Trinajstić information content (AvgIpc) is 2.74. The van der Waals surface area contributed by atoms with Gasteiger partial charge in [-0.2, -0.15) is 0 Å². The van der Waals surface area contributed by atoms with Gasteiger partial charge in [0.05, 0.1) is 0 Å². The Hall–Kier alpha value is -2.04. The van der Waals surface area contributed by atoms with E-state index in [4.69, 9.17) is 0 Å². The molecule has 160 valence electrons. The monoisotopic (exact) mass is 399 g/mol. The van der Waals surface area contributed by atoms with Gasteiger partial charge in [0.25, 0.3) is 0 Å². The van der Waals surface area contributed by atoms with Crippen molar-refractivity contribution in [3.8, 4) is 0 Å². The molecule has 0 aromatic heterocycles. The average molecular weight is 400 g/mol. The molecule has 2 saturated heterocycles. The van der Waals surface area contributed by atoms with Crippen LogP contribution in [0, 0.1) is 11.3 Å². The van der Waals surface area contributed by atoms with Crippen LogP contribution in [0.15, 0.2) is 24.3 Å². The molecule has 5 heteroatoms. The van der Waals surface area contributed by atoms with Gasteiger partial charge < -0.3 is 15.1 Å². The van der Waals surface area contributed by atoms with E-state index in [1.165, 1.54) is 18.5 Å². The lowest BCUT2D eigenvalue weighted by Crippen LogP contribution is -2.52. The lowest BCUT2D eigenvalue weighted by molar-refractivity contribution is -0.149. The Morgan fingerprint density at radius 3 is 2.31 bits per heavy atom. The number of amides is 2. The molecule has 1 aromatic carbocycles. The van der Waals surface area contributed by atoms with E-state index in [2.05, 4.69) is 36.2 Å². The van der Waals surface area contributed by atoms with E-state index < -0.39 is 5.41 Å². The first kappa shape index (κ1) is 21.7. The molecular formula is C24H37N3O2. The van der Waals surface area contributed by atoms with Crippen molar-refractivity contribution in [2.45, 2.75) is 72.3 Å². The Labute approximate surface area is 175 Å². The minimum Gasteiger partial charge on any atom is -0.372 e.